The molecule has 0 heterocycles. The van der Waals surface area contributed by atoms with Crippen molar-refractivity contribution >= 4 is 41.1 Å². The van der Waals surface area contributed by atoms with Gasteiger partial charge in [0, 0.05) is 23.1 Å². The highest BCUT2D eigenvalue weighted by molar-refractivity contribution is 6.36. The fourth-order valence-corrected chi connectivity index (χ4v) is 3.22. The van der Waals surface area contributed by atoms with Gasteiger partial charge in [-0.2, -0.15) is 0 Å². The molecule has 3 rings (SSSR count). The van der Waals surface area contributed by atoms with E-state index in [-0.39, 0.29) is 5.57 Å². The predicted octanol–water partition coefficient (Wildman–Crippen LogP) is 5.01. The van der Waals surface area contributed by atoms with E-state index in [1.54, 1.807) is 18.2 Å². The fourth-order valence-electron chi connectivity index (χ4n) is 2.76. The fraction of sp³-hybridized carbons (Fsp3) is 0.0833. The third-order valence-corrected chi connectivity index (χ3v) is 4.91. The monoisotopic (exact) mass is 438 g/mol. The lowest BCUT2D eigenvalue weighted by molar-refractivity contribution is -0.123. The molecule has 0 radical (unpaired) electrons. The summed E-state index contributed by atoms with van der Waals surface area (Å²) in [7, 11) is 0. The molecule has 152 valence electrons. The van der Waals surface area contributed by atoms with Gasteiger partial charge in [-0.25, -0.2) is 0 Å². The van der Waals surface area contributed by atoms with Crippen LogP contribution in [0.3, 0.4) is 0 Å². The first-order chi connectivity index (χ1) is 14.5. The SMILES string of the molecule is O=C(NCc1ccccc1)C(=Cc1ccc(Cl)cc1Cl)C(=O)NCc1ccccc1. The lowest BCUT2D eigenvalue weighted by atomic mass is 10.1. The smallest absolute Gasteiger partial charge is 0.257 e. The summed E-state index contributed by atoms with van der Waals surface area (Å²) in [5.41, 5.74) is 2.35. The van der Waals surface area contributed by atoms with Crippen LogP contribution in [-0.4, -0.2) is 11.8 Å². The molecule has 0 saturated heterocycles. The van der Waals surface area contributed by atoms with Gasteiger partial charge in [0.05, 0.1) is 0 Å². The van der Waals surface area contributed by atoms with Gasteiger partial charge in [0.1, 0.15) is 5.57 Å². The minimum atomic E-state index is -0.490. The largest absolute Gasteiger partial charge is 0.348 e. The standard InChI is InChI=1S/C24H20Cl2N2O2/c25-20-12-11-19(22(26)14-20)13-21(23(29)27-15-17-7-3-1-4-8-17)24(30)28-16-18-9-5-2-6-10-18/h1-14H,15-16H2,(H,27,29)(H,28,30). The number of benzene rings is 3. The van der Waals surface area contributed by atoms with Crippen molar-refractivity contribution in [3.8, 4) is 0 Å². The summed E-state index contributed by atoms with van der Waals surface area (Å²) < 4.78 is 0. The molecule has 0 spiro atoms. The molecule has 30 heavy (non-hydrogen) atoms. The normalized spacial score (nSPS) is 10.2. The van der Waals surface area contributed by atoms with Gasteiger partial charge >= 0.3 is 0 Å². The molecule has 6 heteroatoms. The summed E-state index contributed by atoms with van der Waals surface area (Å²) in [6.07, 6.45) is 1.47. The summed E-state index contributed by atoms with van der Waals surface area (Å²) >= 11 is 12.2. The maximum absolute atomic E-state index is 12.8. The third kappa shape index (κ3) is 6.21. The molecule has 0 bridgehead atoms. The van der Waals surface area contributed by atoms with Crippen LogP contribution in [-0.2, 0) is 22.7 Å². The van der Waals surface area contributed by atoms with Crippen LogP contribution in [0.1, 0.15) is 16.7 Å². The van der Waals surface area contributed by atoms with Crippen molar-refractivity contribution in [2.75, 3.05) is 0 Å². The average molecular weight is 439 g/mol. The first kappa shape index (κ1) is 21.6. The van der Waals surface area contributed by atoms with Crippen LogP contribution < -0.4 is 10.6 Å². The van der Waals surface area contributed by atoms with Gasteiger partial charge < -0.3 is 10.6 Å². The molecule has 4 nitrogen and oxygen atoms in total. The topological polar surface area (TPSA) is 58.2 Å². The molecule has 0 fully saturated rings. The zero-order valence-corrected chi connectivity index (χ0v) is 17.6. The van der Waals surface area contributed by atoms with Crippen LogP contribution in [0.4, 0.5) is 0 Å². The van der Waals surface area contributed by atoms with Crippen LogP contribution in [0.5, 0.6) is 0 Å². The highest BCUT2D eigenvalue weighted by Gasteiger charge is 2.19. The van der Waals surface area contributed by atoms with Crippen LogP contribution in [0.2, 0.25) is 10.0 Å². The van der Waals surface area contributed by atoms with Crippen molar-refractivity contribution < 1.29 is 9.59 Å². The highest BCUT2D eigenvalue weighted by atomic mass is 35.5. The molecule has 0 atom stereocenters. The number of hydrogen-bond donors (Lipinski definition) is 2. The molecule has 0 aromatic heterocycles. The number of amides is 2. The first-order valence-corrected chi connectivity index (χ1v) is 10.1. The van der Waals surface area contributed by atoms with Crippen molar-refractivity contribution in [2.24, 2.45) is 0 Å². The van der Waals surface area contributed by atoms with E-state index in [0.29, 0.717) is 28.7 Å². The Hall–Kier alpha value is -3.08. The second kappa shape index (κ2) is 10.6. The lowest BCUT2D eigenvalue weighted by Gasteiger charge is -2.11. The van der Waals surface area contributed by atoms with E-state index in [0.717, 1.165) is 11.1 Å². The Kier molecular flexibility index (Phi) is 7.66. The summed E-state index contributed by atoms with van der Waals surface area (Å²) in [6, 6.07) is 23.8. The first-order valence-electron chi connectivity index (χ1n) is 9.34. The van der Waals surface area contributed by atoms with Crippen molar-refractivity contribution in [1.29, 1.82) is 0 Å². The molecule has 3 aromatic rings. The Morgan fingerprint density at radius 2 is 1.23 bits per heavy atom. The van der Waals surface area contributed by atoms with E-state index in [1.165, 1.54) is 6.08 Å². The number of nitrogens with one attached hydrogen (secondary N) is 2. The summed E-state index contributed by atoms with van der Waals surface area (Å²) in [5, 5.41) is 6.41. The van der Waals surface area contributed by atoms with E-state index in [2.05, 4.69) is 10.6 Å². The highest BCUT2D eigenvalue weighted by Crippen LogP contribution is 2.23. The number of carbonyl (C=O) groups is 2. The zero-order chi connectivity index (χ0) is 21.3. The Morgan fingerprint density at radius 1 is 0.733 bits per heavy atom. The summed E-state index contributed by atoms with van der Waals surface area (Å²) in [5.74, 6) is -0.981. The van der Waals surface area contributed by atoms with Gasteiger partial charge in [0.2, 0.25) is 0 Å². The Morgan fingerprint density at radius 3 is 1.70 bits per heavy atom. The van der Waals surface area contributed by atoms with Gasteiger partial charge in [0.15, 0.2) is 0 Å². The molecule has 0 saturated carbocycles. The number of carbonyl (C=O) groups excluding carboxylic acids is 2. The molecule has 3 aromatic carbocycles. The van der Waals surface area contributed by atoms with Crippen molar-refractivity contribution in [2.45, 2.75) is 13.1 Å². The van der Waals surface area contributed by atoms with E-state index in [4.69, 9.17) is 23.2 Å². The number of halogens is 2. The van der Waals surface area contributed by atoms with Crippen LogP contribution >= 0.6 is 23.2 Å². The average Bonchev–Trinajstić information content (AvgIpc) is 2.77. The summed E-state index contributed by atoms with van der Waals surface area (Å²) in [4.78, 5) is 25.7. The Labute approximate surface area is 185 Å². The van der Waals surface area contributed by atoms with Gasteiger partial charge in [-0.15, -0.1) is 0 Å². The number of hydrogen-bond acceptors (Lipinski definition) is 2. The maximum atomic E-state index is 12.8. The van der Waals surface area contributed by atoms with Crippen LogP contribution in [0.25, 0.3) is 6.08 Å². The van der Waals surface area contributed by atoms with Crippen LogP contribution in [0, 0.1) is 0 Å². The minimum absolute atomic E-state index is 0.0360. The lowest BCUT2D eigenvalue weighted by Crippen LogP contribution is -2.34. The summed E-state index contributed by atoms with van der Waals surface area (Å²) in [6.45, 7) is 0.606. The molecular formula is C24H20Cl2N2O2. The second-order valence-electron chi connectivity index (χ2n) is 6.56. The van der Waals surface area contributed by atoms with Crippen LogP contribution in [0.15, 0.2) is 84.4 Å². The molecule has 2 N–H and O–H groups in total. The predicted molar refractivity (Wildman–Crippen MR) is 121 cm³/mol. The molecular weight excluding hydrogens is 419 g/mol. The molecule has 0 aliphatic carbocycles. The van der Waals surface area contributed by atoms with Crippen molar-refractivity contribution in [3.63, 3.8) is 0 Å². The second-order valence-corrected chi connectivity index (χ2v) is 7.40. The van der Waals surface area contributed by atoms with Gasteiger partial charge in [-0.3, -0.25) is 9.59 Å². The van der Waals surface area contributed by atoms with E-state index in [9.17, 15) is 9.59 Å². The minimum Gasteiger partial charge on any atom is -0.348 e. The van der Waals surface area contributed by atoms with Gasteiger partial charge in [-0.1, -0.05) is 89.9 Å². The molecule has 0 unspecified atom stereocenters. The Balaban J connectivity index is 1.80. The van der Waals surface area contributed by atoms with E-state index >= 15 is 0 Å². The Bertz CT molecular complexity index is 994. The van der Waals surface area contributed by atoms with Gasteiger partial charge in [0.25, 0.3) is 11.8 Å². The molecule has 0 aliphatic rings. The quantitative estimate of drug-likeness (QED) is 0.309. The molecule has 2 amide bonds. The van der Waals surface area contributed by atoms with Gasteiger partial charge in [-0.05, 0) is 34.9 Å². The molecule has 0 aliphatic heterocycles. The maximum Gasteiger partial charge on any atom is 0.257 e. The zero-order valence-electron chi connectivity index (χ0n) is 16.1. The van der Waals surface area contributed by atoms with Crippen molar-refractivity contribution in [1.82, 2.24) is 10.6 Å². The number of rotatable bonds is 7. The van der Waals surface area contributed by atoms with E-state index < -0.39 is 11.8 Å². The third-order valence-electron chi connectivity index (χ3n) is 4.34. The van der Waals surface area contributed by atoms with E-state index in [1.807, 2.05) is 60.7 Å². The van der Waals surface area contributed by atoms with Crippen molar-refractivity contribution in [3.05, 3.63) is 111 Å².